The van der Waals surface area contributed by atoms with Crippen molar-refractivity contribution >= 4 is 22.5 Å². The fraction of sp³-hybridized carbons (Fsp3) is 0. The number of nitrogens with zero attached hydrogens (tertiary/aromatic N) is 2. The van der Waals surface area contributed by atoms with Gasteiger partial charge < -0.3 is 0 Å². The van der Waals surface area contributed by atoms with Gasteiger partial charge in [0.25, 0.3) is 0 Å². The van der Waals surface area contributed by atoms with Gasteiger partial charge in [-0.25, -0.2) is 4.99 Å². The van der Waals surface area contributed by atoms with Crippen molar-refractivity contribution in [1.29, 1.82) is 0 Å². The van der Waals surface area contributed by atoms with Gasteiger partial charge in [-0.3, -0.25) is 4.98 Å². The first-order valence-electron chi connectivity index (χ1n) is 4.56. The second-order valence-corrected chi connectivity index (χ2v) is 3.34. The lowest BCUT2D eigenvalue weighted by atomic mass is 10.2. The third-order valence-electron chi connectivity index (χ3n) is 1.89. The van der Waals surface area contributed by atoms with Gasteiger partial charge in [-0.1, -0.05) is 41.9 Å². The zero-order valence-corrected chi connectivity index (χ0v) is 8.72. The summed E-state index contributed by atoms with van der Waals surface area (Å²) in [5, 5.41) is 0.476. The topological polar surface area (TPSA) is 25.2 Å². The van der Waals surface area contributed by atoms with Crippen molar-refractivity contribution in [3.05, 3.63) is 60.4 Å². The van der Waals surface area contributed by atoms with Crippen LogP contribution in [-0.2, 0) is 0 Å². The van der Waals surface area contributed by atoms with Crippen molar-refractivity contribution in [2.24, 2.45) is 4.99 Å². The standard InChI is InChI=1S/C12H9ClN2/c13-12(10-5-2-1-3-6-10)15-11-7-4-8-14-9-11/h1-9H. The third kappa shape index (κ3) is 2.64. The molecule has 2 rings (SSSR count). The molecule has 3 heteroatoms. The number of benzene rings is 1. The zero-order valence-electron chi connectivity index (χ0n) is 7.97. The van der Waals surface area contributed by atoms with Gasteiger partial charge >= 0.3 is 0 Å². The molecule has 0 bridgehead atoms. The highest BCUT2D eigenvalue weighted by atomic mass is 35.5. The molecule has 0 radical (unpaired) electrons. The molecule has 0 amide bonds. The average molecular weight is 217 g/mol. The molecule has 0 saturated heterocycles. The molecular weight excluding hydrogens is 208 g/mol. The Morgan fingerprint density at radius 2 is 1.87 bits per heavy atom. The van der Waals surface area contributed by atoms with Gasteiger partial charge in [-0.05, 0) is 12.1 Å². The number of hydrogen-bond donors (Lipinski definition) is 0. The normalized spacial score (nSPS) is 11.4. The Morgan fingerprint density at radius 3 is 2.53 bits per heavy atom. The van der Waals surface area contributed by atoms with Crippen molar-refractivity contribution in [3.8, 4) is 0 Å². The Labute approximate surface area is 93.3 Å². The Bertz CT molecular complexity index is 452. The second-order valence-electron chi connectivity index (χ2n) is 2.98. The molecule has 74 valence electrons. The first-order chi connectivity index (χ1) is 7.36. The molecule has 0 N–H and O–H groups in total. The summed E-state index contributed by atoms with van der Waals surface area (Å²) in [6.07, 6.45) is 3.38. The molecule has 15 heavy (non-hydrogen) atoms. The molecule has 1 aromatic carbocycles. The molecule has 2 nitrogen and oxygen atoms in total. The van der Waals surface area contributed by atoms with Crippen molar-refractivity contribution < 1.29 is 0 Å². The smallest absolute Gasteiger partial charge is 0.137 e. The Morgan fingerprint density at radius 1 is 1.07 bits per heavy atom. The van der Waals surface area contributed by atoms with E-state index in [9.17, 15) is 0 Å². The highest BCUT2D eigenvalue weighted by molar-refractivity contribution is 6.69. The van der Waals surface area contributed by atoms with Crippen LogP contribution in [0.25, 0.3) is 0 Å². The van der Waals surface area contributed by atoms with Crippen LogP contribution in [0.4, 0.5) is 5.69 Å². The number of aromatic nitrogens is 1. The van der Waals surface area contributed by atoms with Gasteiger partial charge in [0.15, 0.2) is 0 Å². The summed E-state index contributed by atoms with van der Waals surface area (Å²) >= 11 is 6.06. The van der Waals surface area contributed by atoms with Gasteiger partial charge in [0.2, 0.25) is 0 Å². The number of rotatable bonds is 2. The summed E-state index contributed by atoms with van der Waals surface area (Å²) in [6.45, 7) is 0. The van der Waals surface area contributed by atoms with Crippen LogP contribution in [0.1, 0.15) is 5.56 Å². The number of hydrogen-bond acceptors (Lipinski definition) is 2. The van der Waals surface area contributed by atoms with Crippen molar-refractivity contribution in [2.45, 2.75) is 0 Å². The summed E-state index contributed by atoms with van der Waals surface area (Å²) < 4.78 is 0. The minimum atomic E-state index is 0.476. The van der Waals surface area contributed by atoms with E-state index in [1.165, 1.54) is 0 Å². The monoisotopic (exact) mass is 216 g/mol. The molecule has 2 aromatic rings. The average Bonchev–Trinajstić information content (AvgIpc) is 2.31. The number of pyridine rings is 1. The number of halogens is 1. The highest BCUT2D eigenvalue weighted by Gasteiger charge is 1.98. The van der Waals surface area contributed by atoms with Crippen LogP contribution in [0.15, 0.2) is 59.9 Å². The quantitative estimate of drug-likeness (QED) is 0.707. The fourth-order valence-corrected chi connectivity index (χ4v) is 1.40. The van der Waals surface area contributed by atoms with Crippen molar-refractivity contribution in [2.75, 3.05) is 0 Å². The highest BCUT2D eigenvalue weighted by Crippen LogP contribution is 2.13. The summed E-state index contributed by atoms with van der Waals surface area (Å²) in [5.41, 5.74) is 1.66. The first kappa shape index (κ1) is 9.87. The van der Waals surface area contributed by atoms with Crippen molar-refractivity contribution in [3.63, 3.8) is 0 Å². The van der Waals surface area contributed by atoms with E-state index in [-0.39, 0.29) is 0 Å². The van der Waals surface area contributed by atoms with Crippen LogP contribution in [0, 0.1) is 0 Å². The van der Waals surface area contributed by atoms with Crippen LogP contribution in [0.2, 0.25) is 0 Å². The molecule has 0 unspecified atom stereocenters. The first-order valence-corrected chi connectivity index (χ1v) is 4.94. The largest absolute Gasteiger partial charge is 0.262 e. The Kier molecular flexibility index (Phi) is 3.10. The zero-order chi connectivity index (χ0) is 10.5. The van der Waals surface area contributed by atoms with Crippen LogP contribution in [-0.4, -0.2) is 10.2 Å². The van der Waals surface area contributed by atoms with Crippen LogP contribution in [0.3, 0.4) is 0 Å². The summed E-state index contributed by atoms with van der Waals surface area (Å²) in [6, 6.07) is 13.3. The summed E-state index contributed by atoms with van der Waals surface area (Å²) in [5.74, 6) is 0. The van der Waals surface area contributed by atoms with Gasteiger partial charge in [-0.15, -0.1) is 0 Å². The minimum Gasteiger partial charge on any atom is -0.262 e. The molecule has 0 aliphatic carbocycles. The minimum absolute atomic E-state index is 0.476. The SMILES string of the molecule is ClC(=Nc1cccnc1)c1ccccc1. The maximum Gasteiger partial charge on any atom is 0.137 e. The van der Waals surface area contributed by atoms with E-state index in [0.717, 1.165) is 11.3 Å². The van der Waals surface area contributed by atoms with Gasteiger partial charge in [0, 0.05) is 11.8 Å². The van der Waals surface area contributed by atoms with Crippen LogP contribution in [0.5, 0.6) is 0 Å². The van der Waals surface area contributed by atoms with Crippen molar-refractivity contribution in [1.82, 2.24) is 4.98 Å². The van der Waals surface area contributed by atoms with Gasteiger partial charge in [0.1, 0.15) is 5.17 Å². The molecule has 0 saturated carbocycles. The number of aliphatic imine (C=N–C) groups is 1. The van der Waals surface area contributed by atoms with Gasteiger partial charge in [-0.2, -0.15) is 0 Å². The van der Waals surface area contributed by atoms with E-state index in [0.29, 0.717) is 5.17 Å². The molecule has 0 aliphatic rings. The van der Waals surface area contributed by atoms with Gasteiger partial charge in [0.05, 0.1) is 11.9 Å². The molecule has 0 atom stereocenters. The maximum atomic E-state index is 6.06. The maximum absolute atomic E-state index is 6.06. The Hall–Kier alpha value is -1.67. The third-order valence-corrected chi connectivity index (χ3v) is 2.19. The van der Waals surface area contributed by atoms with E-state index in [4.69, 9.17) is 11.6 Å². The van der Waals surface area contributed by atoms with Crippen LogP contribution >= 0.6 is 11.6 Å². The molecule has 0 aliphatic heterocycles. The molecule has 1 aromatic heterocycles. The lowest BCUT2D eigenvalue weighted by Crippen LogP contribution is -1.89. The predicted molar refractivity (Wildman–Crippen MR) is 62.7 cm³/mol. The van der Waals surface area contributed by atoms with Crippen LogP contribution < -0.4 is 0 Å². The Balaban J connectivity index is 2.29. The molecule has 1 heterocycles. The van der Waals surface area contributed by atoms with E-state index in [2.05, 4.69) is 9.98 Å². The molecular formula is C12H9ClN2. The van der Waals surface area contributed by atoms with E-state index >= 15 is 0 Å². The van der Waals surface area contributed by atoms with E-state index < -0.39 is 0 Å². The van der Waals surface area contributed by atoms with E-state index in [1.54, 1.807) is 12.4 Å². The summed E-state index contributed by atoms with van der Waals surface area (Å²) in [4.78, 5) is 8.21. The lowest BCUT2D eigenvalue weighted by Gasteiger charge is -1.97. The second kappa shape index (κ2) is 4.71. The predicted octanol–water partition coefficient (Wildman–Crippen LogP) is 3.40. The lowest BCUT2D eigenvalue weighted by molar-refractivity contribution is 1.31. The molecule has 0 spiro atoms. The summed E-state index contributed by atoms with van der Waals surface area (Å²) in [7, 11) is 0. The fourth-order valence-electron chi connectivity index (χ4n) is 1.17. The van der Waals surface area contributed by atoms with E-state index in [1.807, 2.05) is 42.5 Å². The molecule has 0 fully saturated rings.